The maximum atomic E-state index is 4.16. The molecule has 2 aromatic rings. The van der Waals surface area contributed by atoms with E-state index in [0.717, 1.165) is 16.0 Å². The molecular weight excluding hydrogens is 260 g/mol. The van der Waals surface area contributed by atoms with Crippen LogP contribution in [0.3, 0.4) is 0 Å². The zero-order valence-corrected chi connectivity index (χ0v) is 9.98. The molecule has 2 N–H and O–H groups in total. The number of aromatic nitrogens is 5. The maximum Gasteiger partial charge on any atom is 0.147 e. The first kappa shape index (κ1) is 10.3. The first-order valence-corrected chi connectivity index (χ1v) is 5.23. The lowest BCUT2D eigenvalue weighted by atomic mass is 10.2. The molecule has 2 rings (SSSR count). The lowest BCUT2D eigenvalue weighted by molar-refractivity contribution is 0.580. The maximum absolute atomic E-state index is 4.16. The quantitative estimate of drug-likeness (QED) is 0.858. The van der Waals surface area contributed by atoms with E-state index in [1.54, 1.807) is 10.9 Å². The highest BCUT2D eigenvalue weighted by molar-refractivity contribution is 9.10. The molecule has 2 aromatic heterocycles. The molecule has 1 unspecified atom stereocenters. The van der Waals surface area contributed by atoms with Gasteiger partial charge >= 0.3 is 0 Å². The summed E-state index contributed by atoms with van der Waals surface area (Å²) in [5, 5.41) is 14.0. The average Bonchev–Trinajstić information content (AvgIpc) is 2.83. The summed E-state index contributed by atoms with van der Waals surface area (Å²) in [5.74, 6) is 0.766. The second kappa shape index (κ2) is 4.11. The van der Waals surface area contributed by atoms with Gasteiger partial charge in [0.25, 0.3) is 0 Å². The van der Waals surface area contributed by atoms with Crippen LogP contribution in [-0.4, -0.2) is 32.0 Å². The number of halogens is 1. The first-order valence-electron chi connectivity index (χ1n) is 4.44. The van der Waals surface area contributed by atoms with Gasteiger partial charge in [0.1, 0.15) is 18.2 Å². The van der Waals surface area contributed by atoms with Crippen molar-refractivity contribution >= 4 is 15.9 Å². The van der Waals surface area contributed by atoms with Crippen molar-refractivity contribution in [2.45, 2.75) is 6.04 Å². The van der Waals surface area contributed by atoms with Crippen LogP contribution in [0.15, 0.2) is 17.0 Å². The smallest absolute Gasteiger partial charge is 0.147 e. The third kappa shape index (κ3) is 1.80. The second-order valence-corrected chi connectivity index (χ2v) is 3.95. The number of hydrogen-bond donors (Lipinski definition) is 2. The molecule has 0 aliphatic carbocycles. The number of rotatable bonds is 3. The van der Waals surface area contributed by atoms with Crippen molar-refractivity contribution in [1.29, 1.82) is 0 Å². The molecule has 15 heavy (non-hydrogen) atoms. The molecule has 0 fully saturated rings. The van der Waals surface area contributed by atoms with Crippen LogP contribution in [0.2, 0.25) is 0 Å². The lowest BCUT2D eigenvalue weighted by Crippen LogP contribution is -2.22. The Bertz CT molecular complexity index is 414. The summed E-state index contributed by atoms with van der Waals surface area (Å²) < 4.78 is 2.74. The average molecular weight is 271 g/mol. The van der Waals surface area contributed by atoms with Gasteiger partial charge in [0, 0.05) is 7.05 Å². The Morgan fingerprint density at radius 2 is 2.40 bits per heavy atom. The van der Waals surface area contributed by atoms with E-state index >= 15 is 0 Å². The minimum absolute atomic E-state index is 0.0469. The summed E-state index contributed by atoms with van der Waals surface area (Å²) in [6.45, 7) is 0. The zero-order valence-electron chi connectivity index (χ0n) is 8.40. The van der Waals surface area contributed by atoms with Gasteiger partial charge in [-0.15, -0.1) is 0 Å². The highest BCUT2D eigenvalue weighted by Crippen LogP contribution is 2.25. The molecule has 0 aromatic carbocycles. The van der Waals surface area contributed by atoms with Gasteiger partial charge in [-0.3, -0.25) is 9.78 Å². The molecule has 0 radical (unpaired) electrons. The molecule has 0 spiro atoms. The molecule has 0 bridgehead atoms. The minimum atomic E-state index is -0.0469. The van der Waals surface area contributed by atoms with E-state index in [4.69, 9.17) is 0 Å². The molecule has 1 atom stereocenters. The number of aryl methyl sites for hydroxylation is 1. The van der Waals surface area contributed by atoms with Gasteiger partial charge < -0.3 is 5.32 Å². The Kier molecular flexibility index (Phi) is 2.83. The molecule has 0 aliphatic heterocycles. The Hall–Kier alpha value is -1.21. The molecule has 0 saturated carbocycles. The molecule has 0 saturated heterocycles. The van der Waals surface area contributed by atoms with E-state index < -0.39 is 0 Å². The van der Waals surface area contributed by atoms with Crippen LogP contribution in [0, 0.1) is 0 Å². The van der Waals surface area contributed by atoms with E-state index in [-0.39, 0.29) is 6.04 Å². The van der Waals surface area contributed by atoms with Crippen LogP contribution in [0.4, 0.5) is 0 Å². The molecular formula is C8H11BrN6. The summed E-state index contributed by atoms with van der Waals surface area (Å²) in [5.41, 5.74) is 1.01. The predicted octanol–water partition coefficient (Wildman–Crippen LogP) is 0.609. The standard InChI is InChI=1S/C8H11BrN6/c1-10-6(8-11-4-12-14-8)7-5(9)3-13-15(7)2/h3-4,6,10H,1-2H3,(H,11,12,14). The van der Waals surface area contributed by atoms with Gasteiger partial charge in [0.05, 0.1) is 16.4 Å². The van der Waals surface area contributed by atoms with Crippen LogP contribution < -0.4 is 5.32 Å². The summed E-state index contributed by atoms with van der Waals surface area (Å²) >= 11 is 3.46. The van der Waals surface area contributed by atoms with Crippen molar-refractivity contribution in [3.8, 4) is 0 Å². The minimum Gasteiger partial charge on any atom is -0.305 e. The lowest BCUT2D eigenvalue weighted by Gasteiger charge is -2.14. The van der Waals surface area contributed by atoms with Crippen molar-refractivity contribution < 1.29 is 0 Å². The van der Waals surface area contributed by atoms with E-state index in [9.17, 15) is 0 Å². The molecule has 80 valence electrons. The van der Waals surface area contributed by atoms with Gasteiger partial charge in [-0.2, -0.15) is 10.2 Å². The summed E-state index contributed by atoms with van der Waals surface area (Å²) in [7, 11) is 3.76. The monoisotopic (exact) mass is 270 g/mol. The SMILES string of the molecule is CNC(c1ncn[nH]1)c1c(Br)cnn1C. The zero-order chi connectivity index (χ0) is 10.8. The van der Waals surface area contributed by atoms with E-state index in [2.05, 4.69) is 41.5 Å². The molecule has 2 heterocycles. The van der Waals surface area contributed by atoms with E-state index in [1.807, 2.05) is 14.1 Å². The summed E-state index contributed by atoms with van der Waals surface area (Å²) in [4.78, 5) is 4.13. The van der Waals surface area contributed by atoms with Crippen LogP contribution in [0.5, 0.6) is 0 Å². The van der Waals surface area contributed by atoms with Crippen LogP contribution in [0.25, 0.3) is 0 Å². The largest absolute Gasteiger partial charge is 0.305 e. The Morgan fingerprint density at radius 1 is 1.60 bits per heavy atom. The number of hydrogen-bond acceptors (Lipinski definition) is 4. The Morgan fingerprint density at radius 3 is 2.87 bits per heavy atom. The van der Waals surface area contributed by atoms with Gasteiger partial charge in [0.15, 0.2) is 0 Å². The summed E-state index contributed by atoms with van der Waals surface area (Å²) in [6.07, 6.45) is 3.25. The molecule has 0 aliphatic rings. The van der Waals surface area contributed by atoms with Crippen molar-refractivity contribution in [3.63, 3.8) is 0 Å². The fraction of sp³-hybridized carbons (Fsp3) is 0.375. The Labute approximate surface area is 95.2 Å². The highest BCUT2D eigenvalue weighted by atomic mass is 79.9. The third-order valence-electron chi connectivity index (χ3n) is 2.21. The third-order valence-corrected chi connectivity index (χ3v) is 2.82. The van der Waals surface area contributed by atoms with Gasteiger partial charge in [-0.05, 0) is 23.0 Å². The van der Waals surface area contributed by atoms with Crippen molar-refractivity contribution in [3.05, 3.63) is 28.5 Å². The van der Waals surface area contributed by atoms with Crippen molar-refractivity contribution in [2.24, 2.45) is 7.05 Å². The van der Waals surface area contributed by atoms with Gasteiger partial charge in [0.2, 0.25) is 0 Å². The van der Waals surface area contributed by atoms with E-state index in [1.165, 1.54) is 6.33 Å². The second-order valence-electron chi connectivity index (χ2n) is 3.09. The van der Waals surface area contributed by atoms with Crippen LogP contribution in [0.1, 0.15) is 17.6 Å². The molecule has 6 nitrogen and oxygen atoms in total. The number of aromatic amines is 1. The van der Waals surface area contributed by atoms with Gasteiger partial charge in [-0.1, -0.05) is 0 Å². The molecule has 7 heteroatoms. The normalized spacial score (nSPS) is 13.0. The van der Waals surface area contributed by atoms with E-state index in [0.29, 0.717) is 0 Å². The topological polar surface area (TPSA) is 71.4 Å². The number of nitrogens with zero attached hydrogens (tertiary/aromatic N) is 4. The Balaban J connectivity index is 2.44. The van der Waals surface area contributed by atoms with Gasteiger partial charge in [-0.25, -0.2) is 4.98 Å². The predicted molar refractivity (Wildman–Crippen MR) is 58.2 cm³/mol. The summed E-state index contributed by atoms with van der Waals surface area (Å²) in [6, 6.07) is -0.0469. The number of nitrogens with one attached hydrogen (secondary N) is 2. The van der Waals surface area contributed by atoms with Crippen molar-refractivity contribution in [1.82, 2.24) is 30.3 Å². The van der Waals surface area contributed by atoms with Crippen molar-refractivity contribution in [2.75, 3.05) is 7.05 Å². The first-order chi connectivity index (χ1) is 7.24. The number of H-pyrrole nitrogens is 1. The fourth-order valence-electron chi connectivity index (χ4n) is 1.50. The molecule has 0 amide bonds. The van der Waals surface area contributed by atoms with Crippen LogP contribution in [-0.2, 0) is 7.05 Å². The highest BCUT2D eigenvalue weighted by Gasteiger charge is 2.21. The van der Waals surface area contributed by atoms with Crippen LogP contribution >= 0.6 is 15.9 Å². The fourth-order valence-corrected chi connectivity index (χ4v) is 2.08.